The summed E-state index contributed by atoms with van der Waals surface area (Å²) < 4.78 is 37.9. The number of rotatable bonds is 8. The first-order valence-corrected chi connectivity index (χ1v) is 9.28. The maximum absolute atomic E-state index is 12.6. The van der Waals surface area contributed by atoms with Crippen molar-refractivity contribution in [3.05, 3.63) is 35.4 Å². The van der Waals surface area contributed by atoms with E-state index in [9.17, 15) is 27.9 Å². The van der Waals surface area contributed by atoms with Crippen molar-refractivity contribution in [2.75, 3.05) is 13.1 Å². The largest absolute Gasteiger partial charge is 0.481 e. The molecule has 1 amide bonds. The van der Waals surface area contributed by atoms with E-state index in [4.69, 9.17) is 15.8 Å². The highest BCUT2D eigenvalue weighted by Gasteiger charge is 2.40. The number of carboxylic acids is 1. The number of alkyl halides is 3. The lowest BCUT2D eigenvalue weighted by Gasteiger charge is -2.21. The fourth-order valence-electron chi connectivity index (χ4n) is 3.59. The number of halogens is 3. The van der Waals surface area contributed by atoms with E-state index in [1.165, 1.54) is 17.0 Å². The van der Waals surface area contributed by atoms with Crippen LogP contribution in [-0.2, 0) is 22.2 Å². The summed E-state index contributed by atoms with van der Waals surface area (Å²) in [6.45, 7) is 0.194. The molecular formula is C18H24BF3N2O5. The molecule has 11 heteroatoms. The molecule has 1 aliphatic rings. The molecule has 1 unspecified atom stereocenters. The first-order chi connectivity index (χ1) is 13.5. The number of likely N-dealkylation sites (tertiary alicyclic amines) is 1. The maximum Gasteiger partial charge on any atom is 0.451 e. The lowest BCUT2D eigenvalue weighted by molar-refractivity contribution is -0.143. The second-order valence-electron chi connectivity index (χ2n) is 7.36. The Morgan fingerprint density at radius 2 is 1.83 bits per heavy atom. The lowest BCUT2D eigenvalue weighted by Crippen LogP contribution is -2.44. The Kier molecular flexibility index (Phi) is 7.67. The van der Waals surface area contributed by atoms with Gasteiger partial charge in [0.05, 0.1) is 17.5 Å². The Labute approximate surface area is 166 Å². The molecule has 0 saturated carbocycles. The van der Waals surface area contributed by atoms with Gasteiger partial charge in [0.2, 0.25) is 5.91 Å². The minimum Gasteiger partial charge on any atom is -0.481 e. The van der Waals surface area contributed by atoms with Crippen LogP contribution in [0.4, 0.5) is 13.2 Å². The van der Waals surface area contributed by atoms with Crippen LogP contribution in [-0.4, -0.2) is 58.2 Å². The second kappa shape index (κ2) is 9.60. The first kappa shape index (κ1) is 23.2. The number of hydrogen-bond acceptors (Lipinski definition) is 5. The quantitative estimate of drug-likeness (QED) is 0.469. The Morgan fingerprint density at radius 3 is 2.34 bits per heavy atom. The van der Waals surface area contributed by atoms with Gasteiger partial charge in [0.15, 0.2) is 0 Å². The van der Waals surface area contributed by atoms with Gasteiger partial charge in [-0.1, -0.05) is 18.6 Å². The van der Waals surface area contributed by atoms with Gasteiger partial charge in [0, 0.05) is 13.1 Å². The number of carboxylic acid groups (broad SMARTS) is 1. The Morgan fingerprint density at radius 1 is 1.21 bits per heavy atom. The summed E-state index contributed by atoms with van der Waals surface area (Å²) >= 11 is 0. The molecule has 7 nitrogen and oxygen atoms in total. The van der Waals surface area contributed by atoms with Gasteiger partial charge in [-0.05, 0) is 42.8 Å². The van der Waals surface area contributed by atoms with Crippen molar-refractivity contribution in [2.45, 2.75) is 37.8 Å². The third kappa shape index (κ3) is 6.45. The zero-order valence-electron chi connectivity index (χ0n) is 15.7. The first-order valence-electron chi connectivity index (χ1n) is 9.28. The van der Waals surface area contributed by atoms with Crippen LogP contribution in [0.1, 0.15) is 24.0 Å². The maximum atomic E-state index is 12.6. The average Bonchev–Trinajstić information content (AvgIpc) is 3.05. The molecule has 0 aliphatic carbocycles. The van der Waals surface area contributed by atoms with Crippen LogP contribution >= 0.6 is 0 Å². The van der Waals surface area contributed by atoms with Gasteiger partial charge in [-0.25, -0.2) is 0 Å². The Hall–Kier alpha value is -2.11. The van der Waals surface area contributed by atoms with Crippen LogP contribution in [0.15, 0.2) is 24.3 Å². The van der Waals surface area contributed by atoms with Gasteiger partial charge in [-0.15, -0.1) is 0 Å². The van der Waals surface area contributed by atoms with E-state index in [1.807, 2.05) is 0 Å². The highest BCUT2D eigenvalue weighted by atomic mass is 19.4. The van der Waals surface area contributed by atoms with Crippen LogP contribution in [0, 0.1) is 11.8 Å². The zero-order valence-corrected chi connectivity index (χ0v) is 15.7. The highest BCUT2D eigenvalue weighted by Crippen LogP contribution is 2.30. The molecule has 0 spiro atoms. The van der Waals surface area contributed by atoms with Crippen molar-refractivity contribution in [1.82, 2.24) is 4.90 Å². The van der Waals surface area contributed by atoms with Crippen LogP contribution in [0.5, 0.6) is 0 Å². The molecular weight excluding hydrogens is 392 g/mol. The molecule has 0 radical (unpaired) electrons. The molecule has 1 saturated heterocycles. The zero-order chi connectivity index (χ0) is 21.8. The number of nitrogens with zero attached hydrogens (tertiary/aromatic N) is 1. The number of amides is 1. The summed E-state index contributed by atoms with van der Waals surface area (Å²) in [5.74, 6) is -2.59. The molecule has 1 aromatic carbocycles. The molecule has 1 aliphatic heterocycles. The molecule has 0 bridgehead atoms. The van der Waals surface area contributed by atoms with Crippen LogP contribution in [0.25, 0.3) is 0 Å². The summed E-state index contributed by atoms with van der Waals surface area (Å²) in [5, 5.41) is 27.2. The standard InChI is InChI=1S/C18H24BF3N2O5/c20-18(21,22)13-5-3-11(4-6-13)8-15(23)16(25)24-9-12(2-1-7-19(28)29)14(10-24)17(26)27/h3-6,12,14-15,28-29H,1-2,7-10,23H2,(H,26,27)/t12-,14+,15?/m0/s1. The van der Waals surface area contributed by atoms with Gasteiger partial charge in [0.1, 0.15) is 0 Å². The molecule has 1 fully saturated rings. The van der Waals surface area contributed by atoms with Crippen molar-refractivity contribution in [1.29, 1.82) is 0 Å². The SMILES string of the molecule is NC(Cc1ccc(C(F)(F)F)cc1)C(=O)N1C[C@H](CCCB(O)O)[C@H](C(=O)O)C1. The van der Waals surface area contributed by atoms with Crippen molar-refractivity contribution in [3.8, 4) is 0 Å². The molecule has 1 heterocycles. The third-order valence-corrected chi connectivity index (χ3v) is 5.16. The fraction of sp³-hybridized carbons (Fsp3) is 0.556. The van der Waals surface area contributed by atoms with E-state index >= 15 is 0 Å². The topological polar surface area (TPSA) is 124 Å². The van der Waals surface area contributed by atoms with Gasteiger partial charge in [0.25, 0.3) is 0 Å². The summed E-state index contributed by atoms with van der Waals surface area (Å²) in [7, 11) is -1.46. The number of carbonyl (C=O) groups is 2. The summed E-state index contributed by atoms with van der Waals surface area (Å²) in [6.07, 6.45) is -3.46. The van der Waals surface area contributed by atoms with Crippen molar-refractivity contribution >= 4 is 19.0 Å². The average molecular weight is 416 g/mol. The smallest absolute Gasteiger partial charge is 0.451 e. The van der Waals surface area contributed by atoms with Crippen LogP contribution < -0.4 is 5.73 Å². The van der Waals surface area contributed by atoms with E-state index in [0.717, 1.165) is 12.1 Å². The van der Waals surface area contributed by atoms with Crippen LogP contribution in [0.3, 0.4) is 0 Å². The summed E-state index contributed by atoms with van der Waals surface area (Å²) in [4.78, 5) is 25.5. The predicted molar refractivity (Wildman–Crippen MR) is 98.6 cm³/mol. The number of benzene rings is 1. The fourth-order valence-corrected chi connectivity index (χ4v) is 3.59. The van der Waals surface area contributed by atoms with E-state index in [1.54, 1.807) is 0 Å². The van der Waals surface area contributed by atoms with E-state index in [2.05, 4.69) is 0 Å². The number of nitrogens with two attached hydrogens (primary N) is 1. The molecule has 160 valence electrons. The van der Waals surface area contributed by atoms with E-state index in [0.29, 0.717) is 18.4 Å². The predicted octanol–water partition coefficient (Wildman–Crippen LogP) is 0.987. The van der Waals surface area contributed by atoms with Crippen molar-refractivity contribution in [3.63, 3.8) is 0 Å². The van der Waals surface area contributed by atoms with Gasteiger partial charge >= 0.3 is 19.3 Å². The number of hydrogen-bond donors (Lipinski definition) is 4. The molecule has 0 aromatic heterocycles. The monoisotopic (exact) mass is 416 g/mol. The minimum absolute atomic E-state index is 0.00121. The van der Waals surface area contributed by atoms with Gasteiger partial charge in [-0.3, -0.25) is 9.59 Å². The second-order valence-corrected chi connectivity index (χ2v) is 7.36. The van der Waals surface area contributed by atoms with Gasteiger partial charge in [-0.2, -0.15) is 13.2 Å². The Bertz CT molecular complexity index is 714. The third-order valence-electron chi connectivity index (χ3n) is 5.16. The molecule has 5 N–H and O–H groups in total. The van der Waals surface area contributed by atoms with Crippen molar-refractivity contribution in [2.24, 2.45) is 17.6 Å². The molecule has 29 heavy (non-hydrogen) atoms. The molecule has 1 aromatic rings. The van der Waals surface area contributed by atoms with E-state index < -0.39 is 42.7 Å². The summed E-state index contributed by atoms with van der Waals surface area (Å²) in [6, 6.07) is 3.38. The van der Waals surface area contributed by atoms with Crippen molar-refractivity contribution < 1.29 is 37.9 Å². The molecule has 3 atom stereocenters. The summed E-state index contributed by atoms with van der Waals surface area (Å²) in [5.41, 5.74) is 5.62. The Balaban J connectivity index is 1.96. The van der Waals surface area contributed by atoms with E-state index in [-0.39, 0.29) is 31.7 Å². The normalized spacial score (nSPS) is 20.6. The van der Waals surface area contributed by atoms with Gasteiger partial charge < -0.3 is 25.8 Å². The number of carbonyl (C=O) groups excluding carboxylic acids is 1. The molecule has 2 rings (SSSR count). The minimum atomic E-state index is -4.45. The van der Waals surface area contributed by atoms with Crippen LogP contribution in [0.2, 0.25) is 6.32 Å². The lowest BCUT2D eigenvalue weighted by atomic mass is 9.80. The highest BCUT2D eigenvalue weighted by molar-refractivity contribution is 6.40. The number of aliphatic carboxylic acids is 1.